The van der Waals surface area contributed by atoms with Crippen molar-refractivity contribution in [3.8, 4) is 5.69 Å². The minimum Gasteiger partial charge on any atom is -0.384 e. The number of aryl methyl sites for hydroxylation is 2. The lowest BCUT2D eigenvalue weighted by atomic mass is 10.1. The highest BCUT2D eigenvalue weighted by Crippen LogP contribution is 2.27. The van der Waals surface area contributed by atoms with Gasteiger partial charge >= 0.3 is 0 Å². The van der Waals surface area contributed by atoms with Gasteiger partial charge in [-0.15, -0.1) is 0 Å². The molecular formula is C16H16N4. The molecule has 4 nitrogen and oxygen atoms in total. The zero-order valence-electron chi connectivity index (χ0n) is 11.6. The molecule has 0 aliphatic carbocycles. The van der Waals surface area contributed by atoms with E-state index in [1.165, 1.54) is 11.3 Å². The van der Waals surface area contributed by atoms with Gasteiger partial charge in [0.05, 0.1) is 0 Å². The average Bonchev–Trinajstić information content (AvgIpc) is 3.00. The molecule has 0 spiro atoms. The molecule has 0 bridgehead atoms. The first kappa shape index (κ1) is 11.5. The Kier molecular flexibility index (Phi) is 2.33. The quantitative estimate of drug-likeness (QED) is 0.734. The summed E-state index contributed by atoms with van der Waals surface area (Å²) in [7, 11) is 0. The Bertz CT molecular complexity index is 817. The molecule has 1 N–H and O–H groups in total. The van der Waals surface area contributed by atoms with E-state index in [4.69, 9.17) is 0 Å². The Morgan fingerprint density at radius 3 is 2.90 bits per heavy atom. The van der Waals surface area contributed by atoms with E-state index in [2.05, 4.69) is 38.1 Å². The van der Waals surface area contributed by atoms with Crippen molar-refractivity contribution in [1.29, 1.82) is 0 Å². The number of nitrogens with one attached hydrogen (secondary N) is 1. The van der Waals surface area contributed by atoms with E-state index in [-0.39, 0.29) is 0 Å². The van der Waals surface area contributed by atoms with Gasteiger partial charge in [0, 0.05) is 23.6 Å². The fourth-order valence-corrected chi connectivity index (χ4v) is 2.90. The largest absolute Gasteiger partial charge is 0.384 e. The van der Waals surface area contributed by atoms with Crippen LogP contribution in [-0.4, -0.2) is 21.1 Å². The molecule has 4 rings (SSSR count). The molecule has 0 saturated heterocycles. The van der Waals surface area contributed by atoms with Gasteiger partial charge in [-0.3, -0.25) is 4.57 Å². The number of fused-ring (bicyclic) bond motifs is 2. The lowest BCUT2D eigenvalue weighted by molar-refractivity contribution is 0.979. The molecule has 0 unspecified atom stereocenters. The van der Waals surface area contributed by atoms with Gasteiger partial charge in [-0.1, -0.05) is 0 Å². The molecule has 0 fully saturated rings. The number of rotatable bonds is 1. The van der Waals surface area contributed by atoms with Crippen molar-refractivity contribution in [3.63, 3.8) is 0 Å². The monoisotopic (exact) mass is 264 g/mol. The van der Waals surface area contributed by atoms with Crippen molar-refractivity contribution in [1.82, 2.24) is 14.5 Å². The van der Waals surface area contributed by atoms with Crippen LogP contribution in [0.3, 0.4) is 0 Å². The van der Waals surface area contributed by atoms with Crippen LogP contribution in [0.25, 0.3) is 16.9 Å². The van der Waals surface area contributed by atoms with E-state index in [1.54, 1.807) is 0 Å². The minimum absolute atomic E-state index is 0.938. The molecule has 3 heterocycles. The summed E-state index contributed by atoms with van der Waals surface area (Å²) in [5.41, 5.74) is 6.67. The number of aromatic nitrogens is 3. The van der Waals surface area contributed by atoms with Gasteiger partial charge in [-0.25, -0.2) is 9.97 Å². The SMILES string of the molecule is Cc1ccc2nc(C)n(-c3ccc4c(c3)CCN4)c2n1. The zero-order chi connectivity index (χ0) is 13.7. The number of hydrogen-bond acceptors (Lipinski definition) is 3. The van der Waals surface area contributed by atoms with Gasteiger partial charge < -0.3 is 5.32 Å². The van der Waals surface area contributed by atoms with Crippen LogP contribution in [0.15, 0.2) is 30.3 Å². The van der Waals surface area contributed by atoms with Crippen LogP contribution in [0.1, 0.15) is 17.1 Å². The second kappa shape index (κ2) is 4.07. The average molecular weight is 264 g/mol. The van der Waals surface area contributed by atoms with Crippen LogP contribution in [0.4, 0.5) is 5.69 Å². The molecule has 0 amide bonds. The second-order valence-corrected chi connectivity index (χ2v) is 5.31. The van der Waals surface area contributed by atoms with Crippen LogP contribution in [0, 0.1) is 13.8 Å². The highest BCUT2D eigenvalue weighted by atomic mass is 15.1. The van der Waals surface area contributed by atoms with E-state index in [9.17, 15) is 0 Å². The summed E-state index contributed by atoms with van der Waals surface area (Å²) in [5, 5.41) is 3.39. The van der Waals surface area contributed by atoms with Crippen molar-refractivity contribution in [3.05, 3.63) is 47.4 Å². The molecular weight excluding hydrogens is 248 g/mol. The predicted molar refractivity (Wildman–Crippen MR) is 80.5 cm³/mol. The lowest BCUT2D eigenvalue weighted by Gasteiger charge is -2.08. The van der Waals surface area contributed by atoms with Crippen LogP contribution in [0.2, 0.25) is 0 Å². The lowest BCUT2D eigenvalue weighted by Crippen LogP contribution is -1.99. The summed E-state index contributed by atoms with van der Waals surface area (Å²) in [4.78, 5) is 9.26. The molecule has 0 saturated carbocycles. The maximum absolute atomic E-state index is 4.65. The van der Waals surface area contributed by atoms with Crippen molar-refractivity contribution >= 4 is 16.9 Å². The summed E-state index contributed by atoms with van der Waals surface area (Å²) in [6.45, 7) is 5.07. The zero-order valence-corrected chi connectivity index (χ0v) is 11.6. The van der Waals surface area contributed by atoms with Gasteiger partial charge in [0.2, 0.25) is 0 Å². The maximum Gasteiger partial charge on any atom is 0.164 e. The van der Waals surface area contributed by atoms with Crippen LogP contribution < -0.4 is 5.32 Å². The third kappa shape index (κ3) is 1.61. The summed E-state index contributed by atoms with van der Waals surface area (Å²) < 4.78 is 2.14. The Balaban J connectivity index is 1.97. The van der Waals surface area contributed by atoms with Crippen LogP contribution >= 0.6 is 0 Å². The van der Waals surface area contributed by atoms with Crippen molar-refractivity contribution in [2.45, 2.75) is 20.3 Å². The number of pyridine rings is 1. The highest BCUT2D eigenvalue weighted by Gasteiger charge is 2.14. The molecule has 1 aromatic carbocycles. The van der Waals surface area contributed by atoms with Gasteiger partial charge in [0.1, 0.15) is 11.3 Å². The Morgan fingerprint density at radius 2 is 2.00 bits per heavy atom. The number of anilines is 1. The first-order valence-electron chi connectivity index (χ1n) is 6.92. The summed E-state index contributed by atoms with van der Waals surface area (Å²) >= 11 is 0. The van der Waals surface area contributed by atoms with E-state index in [0.717, 1.165) is 41.3 Å². The van der Waals surface area contributed by atoms with Gasteiger partial charge in [-0.2, -0.15) is 0 Å². The number of nitrogens with zero attached hydrogens (tertiary/aromatic N) is 3. The number of hydrogen-bond donors (Lipinski definition) is 1. The summed E-state index contributed by atoms with van der Waals surface area (Å²) in [6.07, 6.45) is 1.08. The second-order valence-electron chi connectivity index (χ2n) is 5.31. The van der Waals surface area contributed by atoms with Gasteiger partial charge in [0.15, 0.2) is 5.65 Å². The summed E-state index contributed by atoms with van der Waals surface area (Å²) in [6, 6.07) is 10.6. The first-order chi connectivity index (χ1) is 9.72. The summed E-state index contributed by atoms with van der Waals surface area (Å²) in [5.74, 6) is 0.976. The normalized spacial score (nSPS) is 13.5. The van der Waals surface area contributed by atoms with Crippen molar-refractivity contribution in [2.24, 2.45) is 0 Å². The van der Waals surface area contributed by atoms with E-state index < -0.39 is 0 Å². The highest BCUT2D eigenvalue weighted by molar-refractivity contribution is 5.75. The standard InChI is InChI=1S/C16H16N4/c1-10-3-5-15-16(18-10)20(11(2)19-15)13-4-6-14-12(9-13)7-8-17-14/h3-6,9,17H,7-8H2,1-2H3. The molecule has 20 heavy (non-hydrogen) atoms. The van der Waals surface area contributed by atoms with Gasteiger partial charge in [0.25, 0.3) is 0 Å². The third-order valence-electron chi connectivity index (χ3n) is 3.87. The minimum atomic E-state index is 0.938. The van der Waals surface area contributed by atoms with Crippen LogP contribution in [-0.2, 0) is 6.42 Å². The van der Waals surface area contributed by atoms with Crippen molar-refractivity contribution in [2.75, 3.05) is 11.9 Å². The smallest absolute Gasteiger partial charge is 0.164 e. The molecule has 2 aromatic heterocycles. The Hall–Kier alpha value is -2.36. The van der Waals surface area contributed by atoms with Crippen LogP contribution in [0.5, 0.6) is 0 Å². The molecule has 0 radical (unpaired) electrons. The number of imidazole rings is 1. The molecule has 100 valence electrons. The van der Waals surface area contributed by atoms with Gasteiger partial charge in [-0.05, 0) is 56.2 Å². The molecule has 3 aromatic rings. The fourth-order valence-electron chi connectivity index (χ4n) is 2.90. The molecule has 1 aliphatic heterocycles. The first-order valence-corrected chi connectivity index (χ1v) is 6.92. The third-order valence-corrected chi connectivity index (χ3v) is 3.87. The Labute approximate surface area is 117 Å². The molecule has 1 aliphatic rings. The molecule has 4 heteroatoms. The van der Waals surface area contributed by atoms with E-state index >= 15 is 0 Å². The number of benzene rings is 1. The van der Waals surface area contributed by atoms with E-state index in [1.807, 2.05) is 26.0 Å². The van der Waals surface area contributed by atoms with E-state index in [0.29, 0.717) is 0 Å². The fraction of sp³-hybridized carbons (Fsp3) is 0.250. The topological polar surface area (TPSA) is 42.7 Å². The predicted octanol–water partition coefficient (Wildman–Crippen LogP) is 3.01. The maximum atomic E-state index is 4.65. The molecule has 0 atom stereocenters. The van der Waals surface area contributed by atoms with Crippen molar-refractivity contribution < 1.29 is 0 Å². The Morgan fingerprint density at radius 1 is 1.10 bits per heavy atom.